The summed E-state index contributed by atoms with van der Waals surface area (Å²) in [5, 5.41) is 0. The van der Waals surface area contributed by atoms with E-state index in [9.17, 15) is 4.21 Å². The summed E-state index contributed by atoms with van der Waals surface area (Å²) in [5.41, 5.74) is 1.08. The lowest BCUT2D eigenvalue weighted by Gasteiger charge is -2.27. The van der Waals surface area contributed by atoms with Gasteiger partial charge in [0.2, 0.25) is 0 Å². The van der Waals surface area contributed by atoms with Gasteiger partial charge in [-0.25, -0.2) is 4.98 Å². The molecule has 0 unspecified atom stereocenters. The van der Waals surface area contributed by atoms with E-state index < -0.39 is 10.8 Å². The highest BCUT2D eigenvalue weighted by atomic mass is 35.5. The van der Waals surface area contributed by atoms with Gasteiger partial charge in [-0.1, -0.05) is 0 Å². The normalized spacial score (nSPS) is 18.1. The second-order valence-corrected chi connectivity index (χ2v) is 5.45. The first kappa shape index (κ1) is 10.9. The average Bonchev–Trinajstić information content (AvgIpc) is 2.30. The van der Waals surface area contributed by atoms with Crippen LogP contribution in [0.25, 0.3) is 0 Å². The Kier molecular flexibility index (Phi) is 3.59. The predicted molar refractivity (Wildman–Crippen MR) is 63.9 cm³/mol. The molecule has 0 amide bonds. The van der Waals surface area contributed by atoms with E-state index in [-0.39, 0.29) is 0 Å². The fourth-order valence-corrected chi connectivity index (χ4v) is 2.80. The number of anilines is 1. The maximum Gasteiger partial charge on any atom is 0.128 e. The topological polar surface area (TPSA) is 33.2 Å². The van der Waals surface area contributed by atoms with Crippen molar-refractivity contribution in [3.05, 3.63) is 23.9 Å². The molecule has 0 bridgehead atoms. The summed E-state index contributed by atoms with van der Waals surface area (Å²) in [7, 11) is -0.637. The molecule has 15 heavy (non-hydrogen) atoms. The summed E-state index contributed by atoms with van der Waals surface area (Å²) in [6.45, 7) is 1.65. The smallest absolute Gasteiger partial charge is 0.128 e. The van der Waals surface area contributed by atoms with Gasteiger partial charge in [-0.15, -0.1) is 11.6 Å². The number of hydrogen-bond acceptors (Lipinski definition) is 3. The minimum absolute atomic E-state index is 0.509. The van der Waals surface area contributed by atoms with E-state index in [1.165, 1.54) is 0 Å². The summed E-state index contributed by atoms with van der Waals surface area (Å²) < 4.78 is 11.2. The molecule has 0 saturated carbocycles. The van der Waals surface area contributed by atoms with Crippen molar-refractivity contribution in [1.82, 2.24) is 4.98 Å². The molecule has 2 rings (SSSR count). The predicted octanol–water partition coefficient (Wildman–Crippen LogP) is 1.39. The molecule has 0 spiro atoms. The number of aromatic nitrogens is 1. The highest BCUT2D eigenvalue weighted by Crippen LogP contribution is 2.15. The van der Waals surface area contributed by atoms with Gasteiger partial charge in [-0.2, -0.15) is 0 Å². The molecule has 3 nitrogen and oxygen atoms in total. The number of nitrogens with zero attached hydrogens (tertiary/aromatic N) is 2. The summed E-state index contributed by atoms with van der Waals surface area (Å²) in [6.07, 6.45) is 1.78. The largest absolute Gasteiger partial charge is 0.355 e. The zero-order valence-corrected chi connectivity index (χ0v) is 9.93. The van der Waals surface area contributed by atoms with Crippen molar-refractivity contribution in [2.45, 2.75) is 5.88 Å². The monoisotopic (exact) mass is 244 g/mol. The average molecular weight is 245 g/mol. The van der Waals surface area contributed by atoms with Crippen LogP contribution in [0.5, 0.6) is 0 Å². The van der Waals surface area contributed by atoms with Crippen molar-refractivity contribution in [3.8, 4) is 0 Å². The van der Waals surface area contributed by atoms with Crippen molar-refractivity contribution < 1.29 is 4.21 Å². The molecule has 0 atom stereocenters. The van der Waals surface area contributed by atoms with E-state index in [1.54, 1.807) is 6.20 Å². The number of pyridine rings is 1. The zero-order chi connectivity index (χ0) is 10.7. The van der Waals surface area contributed by atoms with Gasteiger partial charge in [0.15, 0.2) is 0 Å². The second-order valence-electron chi connectivity index (χ2n) is 3.49. The molecule has 2 heterocycles. The zero-order valence-electron chi connectivity index (χ0n) is 8.36. The SMILES string of the molecule is O=S1CCN(c2cc(CCl)ccn2)CC1. The lowest BCUT2D eigenvalue weighted by Crippen LogP contribution is -2.38. The van der Waals surface area contributed by atoms with Crippen LogP contribution >= 0.6 is 11.6 Å². The fraction of sp³-hybridized carbons (Fsp3) is 0.500. The van der Waals surface area contributed by atoms with E-state index in [1.807, 2.05) is 12.1 Å². The van der Waals surface area contributed by atoms with Crippen LogP contribution in [0.4, 0.5) is 5.82 Å². The number of hydrogen-bond donors (Lipinski definition) is 0. The second kappa shape index (κ2) is 4.94. The quantitative estimate of drug-likeness (QED) is 0.738. The Balaban J connectivity index is 2.11. The lowest BCUT2D eigenvalue weighted by atomic mass is 10.3. The van der Waals surface area contributed by atoms with Gasteiger partial charge in [0.25, 0.3) is 0 Å². The van der Waals surface area contributed by atoms with Gasteiger partial charge in [-0.3, -0.25) is 4.21 Å². The molecule has 1 aliphatic heterocycles. The maximum atomic E-state index is 11.2. The van der Waals surface area contributed by atoms with Crippen LogP contribution in [0.2, 0.25) is 0 Å². The Labute approximate surface area is 96.9 Å². The summed E-state index contributed by atoms with van der Waals surface area (Å²) in [5.74, 6) is 2.94. The summed E-state index contributed by atoms with van der Waals surface area (Å²) in [4.78, 5) is 6.47. The first-order valence-electron chi connectivity index (χ1n) is 4.90. The molecule has 1 aromatic rings. The third-order valence-electron chi connectivity index (χ3n) is 2.47. The Morgan fingerprint density at radius 2 is 2.20 bits per heavy atom. The Morgan fingerprint density at radius 3 is 2.87 bits per heavy atom. The first-order chi connectivity index (χ1) is 7.29. The molecule has 0 aliphatic carbocycles. The minimum atomic E-state index is -0.637. The van der Waals surface area contributed by atoms with Crippen LogP contribution in [0, 0.1) is 0 Å². The fourth-order valence-electron chi connectivity index (χ4n) is 1.58. The molecule has 1 fully saturated rings. The van der Waals surface area contributed by atoms with Crippen molar-refractivity contribution in [3.63, 3.8) is 0 Å². The molecule has 0 aromatic carbocycles. The van der Waals surface area contributed by atoms with E-state index in [0.717, 1.165) is 36.0 Å². The van der Waals surface area contributed by atoms with E-state index in [0.29, 0.717) is 5.88 Å². The highest BCUT2D eigenvalue weighted by molar-refractivity contribution is 7.85. The van der Waals surface area contributed by atoms with Crippen molar-refractivity contribution in [2.75, 3.05) is 29.5 Å². The third-order valence-corrected chi connectivity index (χ3v) is 4.05. The van der Waals surface area contributed by atoms with E-state index in [4.69, 9.17) is 11.6 Å². The molecule has 0 N–H and O–H groups in total. The summed E-state index contributed by atoms with van der Waals surface area (Å²) >= 11 is 5.77. The van der Waals surface area contributed by atoms with Crippen LogP contribution < -0.4 is 4.90 Å². The molecule has 1 aliphatic rings. The summed E-state index contributed by atoms with van der Waals surface area (Å²) in [6, 6.07) is 3.92. The van der Waals surface area contributed by atoms with Gasteiger partial charge < -0.3 is 4.90 Å². The lowest BCUT2D eigenvalue weighted by molar-refractivity contribution is 0.672. The number of rotatable bonds is 2. The first-order valence-corrected chi connectivity index (χ1v) is 6.92. The van der Waals surface area contributed by atoms with Crippen molar-refractivity contribution in [2.24, 2.45) is 0 Å². The Bertz CT molecular complexity index is 362. The molecule has 0 radical (unpaired) electrons. The van der Waals surface area contributed by atoms with Crippen LogP contribution in [0.1, 0.15) is 5.56 Å². The molecular weight excluding hydrogens is 232 g/mol. The maximum absolute atomic E-state index is 11.2. The molecule has 82 valence electrons. The Morgan fingerprint density at radius 1 is 1.47 bits per heavy atom. The molecule has 1 aromatic heterocycles. The van der Waals surface area contributed by atoms with Gasteiger partial charge >= 0.3 is 0 Å². The van der Waals surface area contributed by atoms with E-state index >= 15 is 0 Å². The third kappa shape index (κ3) is 2.69. The molecule has 1 saturated heterocycles. The van der Waals surface area contributed by atoms with Gasteiger partial charge in [0, 0.05) is 47.5 Å². The number of halogens is 1. The van der Waals surface area contributed by atoms with Crippen LogP contribution in [-0.4, -0.2) is 33.8 Å². The van der Waals surface area contributed by atoms with E-state index in [2.05, 4.69) is 9.88 Å². The van der Waals surface area contributed by atoms with Crippen LogP contribution in [0.3, 0.4) is 0 Å². The standard InChI is InChI=1S/C10H13ClN2OS/c11-8-9-1-2-12-10(7-9)13-3-5-15(14)6-4-13/h1-2,7H,3-6,8H2. The van der Waals surface area contributed by atoms with Gasteiger partial charge in [0.05, 0.1) is 0 Å². The Hall–Kier alpha value is -0.610. The van der Waals surface area contributed by atoms with Crippen molar-refractivity contribution >= 4 is 28.2 Å². The molecule has 5 heteroatoms. The van der Waals surface area contributed by atoms with Gasteiger partial charge in [-0.05, 0) is 17.7 Å². The van der Waals surface area contributed by atoms with Crippen LogP contribution in [-0.2, 0) is 16.7 Å². The van der Waals surface area contributed by atoms with Crippen molar-refractivity contribution in [1.29, 1.82) is 0 Å². The van der Waals surface area contributed by atoms with Crippen LogP contribution in [0.15, 0.2) is 18.3 Å². The molecular formula is C10H13ClN2OS. The minimum Gasteiger partial charge on any atom is -0.355 e. The highest BCUT2D eigenvalue weighted by Gasteiger charge is 2.16. The number of alkyl halides is 1. The van der Waals surface area contributed by atoms with Gasteiger partial charge in [0.1, 0.15) is 5.82 Å².